The predicted octanol–water partition coefficient (Wildman–Crippen LogP) is 3.15. The van der Waals surface area contributed by atoms with Crippen LogP contribution in [0.1, 0.15) is 32.8 Å². The van der Waals surface area contributed by atoms with Gasteiger partial charge in [0, 0.05) is 19.2 Å². The van der Waals surface area contributed by atoms with Crippen LogP contribution in [0.2, 0.25) is 0 Å². The second kappa shape index (κ2) is 6.50. The Hall–Kier alpha value is -2.38. The number of aliphatic carboxylic acids is 1. The van der Waals surface area contributed by atoms with Crippen molar-refractivity contribution >= 4 is 17.7 Å². The number of carboxylic acids is 1. The van der Waals surface area contributed by atoms with Gasteiger partial charge in [0.05, 0.1) is 17.6 Å². The SMILES string of the molecule is Cc1cc(F)c(NC2(CC(=O)O)CN(C(=O)OC(C)(C)C)C2)cc1F. The minimum Gasteiger partial charge on any atom is -0.481 e. The zero-order valence-corrected chi connectivity index (χ0v) is 14.7. The van der Waals surface area contributed by atoms with Gasteiger partial charge in [0.2, 0.25) is 0 Å². The molecule has 1 aromatic carbocycles. The number of amides is 1. The van der Waals surface area contributed by atoms with E-state index in [1.807, 2.05) is 0 Å². The van der Waals surface area contributed by atoms with Crippen LogP contribution in [-0.2, 0) is 9.53 Å². The van der Waals surface area contributed by atoms with Gasteiger partial charge < -0.3 is 20.1 Å². The third kappa shape index (κ3) is 4.58. The Morgan fingerprint density at radius 2 is 1.88 bits per heavy atom. The Morgan fingerprint density at radius 1 is 1.28 bits per heavy atom. The Morgan fingerprint density at radius 3 is 2.40 bits per heavy atom. The number of halogens is 2. The van der Waals surface area contributed by atoms with Crippen molar-refractivity contribution in [3.8, 4) is 0 Å². The van der Waals surface area contributed by atoms with Crippen LogP contribution >= 0.6 is 0 Å². The molecule has 8 heteroatoms. The number of nitrogens with one attached hydrogen (secondary N) is 1. The number of hydrogen-bond donors (Lipinski definition) is 2. The number of carbonyl (C=O) groups is 2. The number of anilines is 1. The summed E-state index contributed by atoms with van der Waals surface area (Å²) in [5, 5.41) is 11.9. The van der Waals surface area contributed by atoms with E-state index in [1.54, 1.807) is 20.8 Å². The van der Waals surface area contributed by atoms with Crippen LogP contribution < -0.4 is 5.32 Å². The van der Waals surface area contributed by atoms with Gasteiger partial charge in [-0.1, -0.05) is 0 Å². The summed E-state index contributed by atoms with van der Waals surface area (Å²) in [7, 11) is 0. The van der Waals surface area contributed by atoms with E-state index in [9.17, 15) is 18.4 Å². The number of hydrogen-bond acceptors (Lipinski definition) is 4. The van der Waals surface area contributed by atoms with Crippen molar-refractivity contribution in [1.29, 1.82) is 0 Å². The van der Waals surface area contributed by atoms with Crippen LogP contribution in [0, 0.1) is 18.6 Å². The summed E-state index contributed by atoms with van der Waals surface area (Å²) >= 11 is 0. The standard InChI is InChI=1S/C17H22F2N2O4/c1-10-5-12(19)13(6-11(10)18)20-17(7-14(22)23)8-21(9-17)15(24)25-16(2,3)4/h5-6,20H,7-9H2,1-4H3,(H,22,23). The summed E-state index contributed by atoms with van der Waals surface area (Å²) in [4.78, 5) is 24.5. The van der Waals surface area contributed by atoms with Crippen LogP contribution in [0.15, 0.2) is 12.1 Å². The van der Waals surface area contributed by atoms with Crippen molar-refractivity contribution in [2.45, 2.75) is 45.3 Å². The maximum atomic E-state index is 14.1. The largest absolute Gasteiger partial charge is 0.481 e. The van der Waals surface area contributed by atoms with E-state index in [-0.39, 0.29) is 30.8 Å². The molecule has 0 aromatic heterocycles. The lowest BCUT2D eigenvalue weighted by atomic mass is 9.86. The summed E-state index contributed by atoms with van der Waals surface area (Å²) in [6, 6.07) is 2.03. The van der Waals surface area contributed by atoms with E-state index in [1.165, 1.54) is 11.8 Å². The first-order valence-corrected chi connectivity index (χ1v) is 7.84. The normalized spacial score (nSPS) is 16.2. The number of carboxylic acid groups (broad SMARTS) is 1. The molecule has 0 bridgehead atoms. The van der Waals surface area contributed by atoms with Gasteiger partial charge in [-0.3, -0.25) is 4.79 Å². The second-order valence-electron chi connectivity index (χ2n) is 7.39. The molecule has 0 saturated carbocycles. The fourth-order valence-corrected chi connectivity index (χ4v) is 2.69. The van der Waals surface area contributed by atoms with Gasteiger partial charge in [0.15, 0.2) is 0 Å². The number of rotatable bonds is 4. The molecule has 1 aliphatic rings. The zero-order valence-electron chi connectivity index (χ0n) is 14.7. The molecule has 138 valence electrons. The summed E-state index contributed by atoms with van der Waals surface area (Å²) in [5.41, 5.74) is -1.74. The average molecular weight is 356 g/mol. The number of ether oxygens (including phenoxy) is 1. The Kier molecular flexibility index (Phi) is 4.92. The van der Waals surface area contributed by atoms with Gasteiger partial charge in [0.1, 0.15) is 17.2 Å². The molecule has 1 saturated heterocycles. The third-order valence-electron chi connectivity index (χ3n) is 3.78. The van der Waals surface area contributed by atoms with Crippen molar-refractivity contribution < 1.29 is 28.2 Å². The lowest BCUT2D eigenvalue weighted by Gasteiger charge is -2.50. The molecular weight excluding hydrogens is 334 g/mol. The van der Waals surface area contributed by atoms with Crippen molar-refractivity contribution in [3.63, 3.8) is 0 Å². The van der Waals surface area contributed by atoms with E-state index >= 15 is 0 Å². The summed E-state index contributed by atoms with van der Waals surface area (Å²) < 4.78 is 33.0. The quantitative estimate of drug-likeness (QED) is 0.866. The van der Waals surface area contributed by atoms with Crippen LogP contribution in [0.5, 0.6) is 0 Å². The van der Waals surface area contributed by atoms with Crippen molar-refractivity contribution in [1.82, 2.24) is 4.90 Å². The summed E-state index contributed by atoms with van der Waals surface area (Å²) in [6.45, 7) is 6.63. The van der Waals surface area contributed by atoms with Crippen molar-refractivity contribution in [3.05, 3.63) is 29.3 Å². The number of nitrogens with zero attached hydrogens (tertiary/aromatic N) is 1. The molecule has 6 nitrogen and oxygen atoms in total. The van der Waals surface area contributed by atoms with Gasteiger partial charge in [0.25, 0.3) is 0 Å². The maximum absolute atomic E-state index is 14.1. The third-order valence-corrected chi connectivity index (χ3v) is 3.78. The summed E-state index contributed by atoms with van der Waals surface area (Å²) in [6.07, 6.45) is -0.924. The molecule has 1 heterocycles. The molecule has 2 N–H and O–H groups in total. The molecule has 25 heavy (non-hydrogen) atoms. The monoisotopic (exact) mass is 356 g/mol. The van der Waals surface area contributed by atoms with E-state index in [0.717, 1.165) is 12.1 Å². The number of aryl methyl sites for hydroxylation is 1. The Labute approximate surface area is 144 Å². The van der Waals surface area contributed by atoms with Crippen LogP contribution in [0.25, 0.3) is 0 Å². The minimum absolute atomic E-state index is 0.0170. The highest BCUT2D eigenvalue weighted by Crippen LogP contribution is 2.32. The molecule has 1 aliphatic heterocycles. The molecule has 0 aliphatic carbocycles. The van der Waals surface area contributed by atoms with E-state index < -0.39 is 34.8 Å². The molecule has 0 spiro atoms. The molecule has 1 fully saturated rings. The first-order valence-electron chi connectivity index (χ1n) is 7.84. The van der Waals surface area contributed by atoms with E-state index in [2.05, 4.69) is 5.32 Å². The lowest BCUT2D eigenvalue weighted by Crippen LogP contribution is -2.68. The van der Waals surface area contributed by atoms with Gasteiger partial charge in [-0.05, 0) is 39.3 Å². The first kappa shape index (κ1) is 19.0. The number of benzene rings is 1. The van der Waals surface area contributed by atoms with Gasteiger partial charge in [-0.25, -0.2) is 13.6 Å². The maximum Gasteiger partial charge on any atom is 0.410 e. The first-order chi connectivity index (χ1) is 11.4. The van der Waals surface area contributed by atoms with Gasteiger partial charge in [-0.2, -0.15) is 0 Å². The zero-order chi connectivity index (χ0) is 19.0. The lowest BCUT2D eigenvalue weighted by molar-refractivity contribution is -0.139. The molecule has 0 radical (unpaired) electrons. The van der Waals surface area contributed by atoms with Crippen LogP contribution in [-0.4, -0.2) is 46.3 Å². The molecule has 0 atom stereocenters. The Bertz CT molecular complexity index is 695. The average Bonchev–Trinajstić information content (AvgIpc) is 2.38. The van der Waals surface area contributed by atoms with Crippen molar-refractivity contribution in [2.24, 2.45) is 0 Å². The summed E-state index contributed by atoms with van der Waals surface area (Å²) in [5.74, 6) is -2.39. The van der Waals surface area contributed by atoms with Gasteiger partial charge in [-0.15, -0.1) is 0 Å². The second-order valence-corrected chi connectivity index (χ2v) is 7.39. The van der Waals surface area contributed by atoms with Crippen molar-refractivity contribution in [2.75, 3.05) is 18.4 Å². The van der Waals surface area contributed by atoms with E-state index in [4.69, 9.17) is 9.84 Å². The minimum atomic E-state index is -1.11. The molecular formula is C17H22F2N2O4. The highest BCUT2D eigenvalue weighted by Gasteiger charge is 2.48. The molecule has 0 unspecified atom stereocenters. The molecule has 2 rings (SSSR count). The number of likely N-dealkylation sites (tertiary alicyclic amines) is 1. The highest BCUT2D eigenvalue weighted by molar-refractivity contribution is 5.74. The van der Waals surface area contributed by atoms with Crippen LogP contribution in [0.3, 0.4) is 0 Å². The van der Waals surface area contributed by atoms with Crippen LogP contribution in [0.4, 0.5) is 19.3 Å². The van der Waals surface area contributed by atoms with E-state index in [0.29, 0.717) is 0 Å². The van der Waals surface area contributed by atoms with Gasteiger partial charge >= 0.3 is 12.1 Å². The number of carbonyl (C=O) groups excluding carboxylic acids is 1. The molecule has 1 aromatic rings. The predicted molar refractivity (Wildman–Crippen MR) is 87.5 cm³/mol. The Balaban J connectivity index is 2.15. The highest BCUT2D eigenvalue weighted by atomic mass is 19.1. The molecule has 1 amide bonds. The fourth-order valence-electron chi connectivity index (χ4n) is 2.69. The fraction of sp³-hybridized carbons (Fsp3) is 0.529. The smallest absolute Gasteiger partial charge is 0.410 e. The topological polar surface area (TPSA) is 78.9 Å².